The molecule has 1 heterocycles. The van der Waals surface area contributed by atoms with E-state index in [4.69, 9.17) is 10.5 Å². The Hall–Kier alpha value is -0.610. The monoisotopic (exact) mass is 268 g/mol. The van der Waals surface area contributed by atoms with Gasteiger partial charge >= 0.3 is 5.97 Å². The van der Waals surface area contributed by atoms with Gasteiger partial charge in [-0.3, -0.25) is 4.79 Å². The van der Waals surface area contributed by atoms with Crippen LogP contribution in [0, 0.1) is 11.3 Å². The minimum atomic E-state index is -0.785. The number of likely N-dealkylation sites (tertiary alicyclic amines) is 1. The van der Waals surface area contributed by atoms with E-state index in [0.717, 1.165) is 25.9 Å². The summed E-state index contributed by atoms with van der Waals surface area (Å²) in [6, 6.07) is 0. The van der Waals surface area contributed by atoms with Crippen LogP contribution in [0.25, 0.3) is 0 Å². The first kappa shape index (κ1) is 14.8. The third-order valence-electron chi connectivity index (χ3n) is 5.37. The maximum atomic E-state index is 12.0. The highest BCUT2D eigenvalue weighted by Crippen LogP contribution is 2.42. The molecule has 2 aliphatic rings. The van der Waals surface area contributed by atoms with Gasteiger partial charge in [0.05, 0.1) is 7.11 Å². The van der Waals surface area contributed by atoms with E-state index in [2.05, 4.69) is 18.7 Å². The van der Waals surface area contributed by atoms with Crippen molar-refractivity contribution < 1.29 is 9.53 Å². The molecule has 0 amide bonds. The number of hydrogen-bond acceptors (Lipinski definition) is 4. The minimum Gasteiger partial charge on any atom is -0.468 e. The van der Waals surface area contributed by atoms with Crippen LogP contribution in [0.2, 0.25) is 0 Å². The summed E-state index contributed by atoms with van der Waals surface area (Å²) in [6.07, 6.45) is 5.76. The molecule has 0 aromatic carbocycles. The highest BCUT2D eigenvalue weighted by atomic mass is 16.5. The predicted octanol–water partition coefficient (Wildman–Crippen LogP) is 1.78. The molecule has 4 heteroatoms. The van der Waals surface area contributed by atoms with Crippen LogP contribution in [0.4, 0.5) is 0 Å². The number of methoxy groups -OCH3 is 1. The molecule has 0 spiro atoms. The van der Waals surface area contributed by atoms with Gasteiger partial charge in [0, 0.05) is 13.1 Å². The van der Waals surface area contributed by atoms with E-state index in [1.807, 2.05) is 0 Å². The number of rotatable bonds is 6. The van der Waals surface area contributed by atoms with Crippen LogP contribution in [0.5, 0.6) is 0 Å². The molecule has 1 saturated heterocycles. The number of nitrogens with zero attached hydrogens (tertiary/aromatic N) is 1. The molecular weight excluding hydrogens is 240 g/mol. The molecule has 1 atom stereocenters. The second-order valence-corrected chi connectivity index (χ2v) is 6.47. The average Bonchev–Trinajstić information content (AvgIpc) is 3.21. The molecule has 1 aliphatic heterocycles. The van der Waals surface area contributed by atoms with E-state index >= 15 is 0 Å². The molecule has 0 aromatic heterocycles. The number of carbonyl (C=O) groups is 1. The summed E-state index contributed by atoms with van der Waals surface area (Å²) in [5.74, 6) is 0.0821. The Morgan fingerprint density at radius 1 is 1.42 bits per heavy atom. The SMILES string of the molecule is CCC1(CC)CCN(CC(N)(C(=O)OC)C2CC2)C1. The molecule has 19 heavy (non-hydrogen) atoms. The van der Waals surface area contributed by atoms with Crippen molar-refractivity contribution in [2.45, 2.75) is 51.5 Å². The van der Waals surface area contributed by atoms with Gasteiger partial charge in [0.25, 0.3) is 0 Å². The average molecular weight is 268 g/mol. The van der Waals surface area contributed by atoms with Crippen LogP contribution >= 0.6 is 0 Å². The normalized spacial score (nSPS) is 26.1. The zero-order valence-corrected chi connectivity index (χ0v) is 12.6. The molecule has 1 unspecified atom stereocenters. The molecule has 4 nitrogen and oxygen atoms in total. The van der Waals surface area contributed by atoms with E-state index in [1.54, 1.807) is 0 Å². The molecule has 110 valence electrons. The van der Waals surface area contributed by atoms with Crippen LogP contribution in [-0.4, -0.2) is 43.2 Å². The van der Waals surface area contributed by atoms with Gasteiger partial charge in [-0.15, -0.1) is 0 Å². The topological polar surface area (TPSA) is 55.6 Å². The summed E-state index contributed by atoms with van der Waals surface area (Å²) >= 11 is 0. The van der Waals surface area contributed by atoms with Crippen molar-refractivity contribution in [2.24, 2.45) is 17.1 Å². The van der Waals surface area contributed by atoms with E-state index in [1.165, 1.54) is 26.4 Å². The molecule has 0 bridgehead atoms. The Balaban J connectivity index is 2.02. The van der Waals surface area contributed by atoms with Crippen molar-refractivity contribution >= 4 is 5.97 Å². The highest BCUT2D eigenvalue weighted by molar-refractivity contribution is 5.81. The van der Waals surface area contributed by atoms with Gasteiger partial charge in [-0.1, -0.05) is 13.8 Å². The van der Waals surface area contributed by atoms with Gasteiger partial charge in [0.2, 0.25) is 0 Å². The Bertz CT molecular complexity index is 337. The number of ether oxygens (including phenoxy) is 1. The van der Waals surface area contributed by atoms with Crippen LogP contribution in [0.1, 0.15) is 46.0 Å². The van der Waals surface area contributed by atoms with Gasteiger partial charge in [0.15, 0.2) is 0 Å². The second-order valence-electron chi connectivity index (χ2n) is 6.47. The first-order valence-corrected chi connectivity index (χ1v) is 7.59. The standard InChI is InChI=1S/C15H28N2O2/c1-4-14(5-2)8-9-17(10-14)11-15(16,12-6-7-12)13(18)19-3/h12H,4-11,16H2,1-3H3. The maximum absolute atomic E-state index is 12.0. The van der Waals surface area contributed by atoms with Gasteiger partial charge in [-0.2, -0.15) is 0 Å². The Kier molecular flexibility index (Phi) is 4.21. The molecule has 2 fully saturated rings. The lowest BCUT2D eigenvalue weighted by molar-refractivity contribution is -0.148. The van der Waals surface area contributed by atoms with Gasteiger partial charge in [-0.25, -0.2) is 0 Å². The van der Waals surface area contributed by atoms with E-state index in [9.17, 15) is 4.79 Å². The van der Waals surface area contributed by atoms with Crippen molar-refractivity contribution in [2.75, 3.05) is 26.7 Å². The van der Waals surface area contributed by atoms with Crippen molar-refractivity contribution in [3.05, 3.63) is 0 Å². The van der Waals surface area contributed by atoms with Crippen LogP contribution in [-0.2, 0) is 9.53 Å². The molecule has 1 saturated carbocycles. The van der Waals surface area contributed by atoms with Crippen molar-refractivity contribution in [3.8, 4) is 0 Å². The fourth-order valence-corrected chi connectivity index (χ4v) is 3.51. The van der Waals surface area contributed by atoms with Crippen molar-refractivity contribution in [1.29, 1.82) is 0 Å². The highest BCUT2D eigenvalue weighted by Gasteiger charge is 2.51. The summed E-state index contributed by atoms with van der Waals surface area (Å²) in [5, 5.41) is 0. The summed E-state index contributed by atoms with van der Waals surface area (Å²) in [5.41, 5.74) is 6.04. The van der Waals surface area contributed by atoms with Gasteiger partial charge in [0.1, 0.15) is 5.54 Å². The Labute approximate surface area is 116 Å². The predicted molar refractivity (Wildman–Crippen MR) is 75.7 cm³/mol. The van der Waals surface area contributed by atoms with E-state index in [0.29, 0.717) is 17.9 Å². The molecule has 0 radical (unpaired) electrons. The number of hydrogen-bond donors (Lipinski definition) is 1. The molecule has 1 aliphatic carbocycles. The van der Waals surface area contributed by atoms with Crippen molar-refractivity contribution in [3.63, 3.8) is 0 Å². The molecule has 0 aromatic rings. The largest absolute Gasteiger partial charge is 0.468 e. The Morgan fingerprint density at radius 2 is 2.05 bits per heavy atom. The van der Waals surface area contributed by atoms with Crippen LogP contribution in [0.3, 0.4) is 0 Å². The summed E-state index contributed by atoms with van der Waals surface area (Å²) in [4.78, 5) is 14.4. The van der Waals surface area contributed by atoms with Gasteiger partial charge < -0.3 is 15.4 Å². The zero-order chi connectivity index (χ0) is 14.1. The zero-order valence-electron chi connectivity index (χ0n) is 12.6. The van der Waals surface area contributed by atoms with E-state index in [-0.39, 0.29) is 5.97 Å². The third-order valence-corrected chi connectivity index (χ3v) is 5.37. The third kappa shape index (κ3) is 2.79. The second kappa shape index (κ2) is 5.41. The fraction of sp³-hybridized carbons (Fsp3) is 0.933. The lowest BCUT2D eigenvalue weighted by atomic mass is 9.82. The molecule has 2 rings (SSSR count). The maximum Gasteiger partial charge on any atom is 0.327 e. The summed E-state index contributed by atoms with van der Waals surface area (Å²) in [6.45, 7) is 7.33. The summed E-state index contributed by atoms with van der Waals surface area (Å²) in [7, 11) is 1.44. The quantitative estimate of drug-likeness (QED) is 0.746. The minimum absolute atomic E-state index is 0.236. The lowest BCUT2D eigenvalue weighted by Gasteiger charge is -2.33. The molecular formula is C15H28N2O2. The van der Waals surface area contributed by atoms with Crippen LogP contribution in [0.15, 0.2) is 0 Å². The fourth-order valence-electron chi connectivity index (χ4n) is 3.51. The molecule has 2 N–H and O–H groups in total. The van der Waals surface area contributed by atoms with Crippen LogP contribution < -0.4 is 5.73 Å². The summed E-state index contributed by atoms with van der Waals surface area (Å²) < 4.78 is 4.94. The first-order valence-electron chi connectivity index (χ1n) is 7.59. The first-order chi connectivity index (χ1) is 8.99. The number of esters is 1. The smallest absolute Gasteiger partial charge is 0.327 e. The lowest BCUT2D eigenvalue weighted by Crippen LogP contribution is -2.58. The number of nitrogens with two attached hydrogens (primary N) is 1. The van der Waals surface area contributed by atoms with E-state index < -0.39 is 5.54 Å². The Morgan fingerprint density at radius 3 is 2.47 bits per heavy atom. The van der Waals surface area contributed by atoms with Gasteiger partial charge in [-0.05, 0) is 50.0 Å². The number of carbonyl (C=O) groups excluding carboxylic acids is 1. The van der Waals surface area contributed by atoms with Crippen molar-refractivity contribution in [1.82, 2.24) is 4.90 Å².